The third kappa shape index (κ3) is 4.47. The Kier molecular flexibility index (Phi) is 4.88. The maximum atomic E-state index is 10.9. The lowest BCUT2D eigenvalue weighted by molar-refractivity contribution is -0.118. The lowest BCUT2D eigenvalue weighted by atomic mass is 10.1. The van der Waals surface area contributed by atoms with Crippen molar-refractivity contribution in [2.24, 2.45) is 0 Å². The van der Waals surface area contributed by atoms with Crippen molar-refractivity contribution < 1.29 is 4.79 Å². The minimum atomic E-state index is -0.0875. The Balaban J connectivity index is 1.94. The number of hydrogen-bond donors (Lipinski definition) is 1. The highest BCUT2D eigenvalue weighted by Gasteiger charge is 2.20. The fourth-order valence-corrected chi connectivity index (χ4v) is 2.81. The second-order valence-corrected chi connectivity index (χ2v) is 7.31. The average molecular weight is 339 g/mol. The first-order valence-electron chi connectivity index (χ1n) is 8.61. The van der Waals surface area contributed by atoms with Crippen LogP contribution < -0.4 is 10.2 Å². The van der Waals surface area contributed by atoms with E-state index in [2.05, 4.69) is 43.1 Å². The molecule has 1 saturated heterocycles. The van der Waals surface area contributed by atoms with E-state index >= 15 is 0 Å². The SMILES string of the molecule is CC(C)(C)Nc1cc(-c2ccccc2)nc(N2CCN(C=O)CC2)n1. The second-order valence-electron chi connectivity index (χ2n) is 7.31. The average Bonchev–Trinajstić information content (AvgIpc) is 2.61. The van der Waals surface area contributed by atoms with Gasteiger partial charge >= 0.3 is 0 Å². The van der Waals surface area contributed by atoms with Crippen molar-refractivity contribution in [3.8, 4) is 11.3 Å². The van der Waals surface area contributed by atoms with Gasteiger partial charge < -0.3 is 15.1 Å². The summed E-state index contributed by atoms with van der Waals surface area (Å²) in [4.78, 5) is 24.3. The van der Waals surface area contributed by atoms with E-state index in [1.54, 1.807) is 4.90 Å². The lowest BCUT2D eigenvalue weighted by Crippen LogP contribution is -2.46. The smallest absolute Gasteiger partial charge is 0.227 e. The van der Waals surface area contributed by atoms with Gasteiger partial charge in [0.1, 0.15) is 5.82 Å². The van der Waals surface area contributed by atoms with Gasteiger partial charge in [-0.1, -0.05) is 30.3 Å². The third-order valence-electron chi connectivity index (χ3n) is 4.03. The zero-order chi connectivity index (χ0) is 17.9. The number of benzene rings is 1. The second kappa shape index (κ2) is 7.09. The van der Waals surface area contributed by atoms with Crippen LogP contribution in [-0.2, 0) is 4.79 Å². The Morgan fingerprint density at radius 1 is 1.04 bits per heavy atom. The number of aromatic nitrogens is 2. The molecule has 1 fully saturated rings. The number of amides is 1. The highest BCUT2D eigenvalue weighted by molar-refractivity contribution is 5.65. The van der Waals surface area contributed by atoms with Crippen LogP contribution in [-0.4, -0.2) is 53.0 Å². The molecule has 2 aromatic rings. The Hall–Kier alpha value is -2.63. The molecular weight excluding hydrogens is 314 g/mol. The summed E-state index contributed by atoms with van der Waals surface area (Å²) in [5, 5.41) is 3.45. The van der Waals surface area contributed by atoms with E-state index in [0.717, 1.165) is 36.6 Å². The first-order valence-corrected chi connectivity index (χ1v) is 8.61. The van der Waals surface area contributed by atoms with E-state index < -0.39 is 0 Å². The van der Waals surface area contributed by atoms with Gasteiger partial charge in [-0.2, -0.15) is 4.98 Å². The molecule has 0 unspecified atom stereocenters. The van der Waals surface area contributed by atoms with Gasteiger partial charge in [0.2, 0.25) is 12.4 Å². The predicted octanol–water partition coefficient (Wildman–Crippen LogP) is 2.63. The van der Waals surface area contributed by atoms with Crippen LogP contribution in [0.3, 0.4) is 0 Å². The van der Waals surface area contributed by atoms with Gasteiger partial charge in [0.05, 0.1) is 5.69 Å². The molecule has 0 aliphatic carbocycles. The number of anilines is 2. The van der Waals surface area contributed by atoms with Gasteiger partial charge in [0.25, 0.3) is 0 Å². The van der Waals surface area contributed by atoms with Crippen molar-refractivity contribution in [3.05, 3.63) is 36.4 Å². The third-order valence-corrected chi connectivity index (χ3v) is 4.03. The maximum Gasteiger partial charge on any atom is 0.227 e. The molecule has 0 saturated carbocycles. The summed E-state index contributed by atoms with van der Waals surface area (Å²) in [5.74, 6) is 1.52. The molecular formula is C19H25N5O. The Morgan fingerprint density at radius 3 is 2.32 bits per heavy atom. The van der Waals surface area contributed by atoms with Crippen molar-refractivity contribution >= 4 is 18.2 Å². The fourth-order valence-electron chi connectivity index (χ4n) is 2.81. The maximum absolute atomic E-state index is 10.9. The van der Waals surface area contributed by atoms with Gasteiger partial charge in [0, 0.05) is 43.3 Å². The monoisotopic (exact) mass is 339 g/mol. The van der Waals surface area contributed by atoms with Crippen molar-refractivity contribution in [1.82, 2.24) is 14.9 Å². The lowest BCUT2D eigenvalue weighted by Gasteiger charge is -2.33. The number of carbonyl (C=O) groups excluding carboxylic acids is 1. The standard InChI is InChI=1S/C19H25N5O/c1-19(2,3)22-17-13-16(15-7-5-4-6-8-15)20-18(21-17)24-11-9-23(14-25)10-12-24/h4-8,13-14H,9-12H2,1-3H3,(H,20,21,22). The molecule has 1 aliphatic heterocycles. The van der Waals surface area contributed by atoms with Gasteiger partial charge in [-0.3, -0.25) is 4.79 Å². The molecule has 3 rings (SSSR count). The van der Waals surface area contributed by atoms with Gasteiger partial charge in [0.15, 0.2) is 0 Å². The summed E-state index contributed by atoms with van der Waals surface area (Å²) in [6.45, 7) is 9.21. The highest BCUT2D eigenvalue weighted by atomic mass is 16.1. The molecule has 0 radical (unpaired) electrons. The Morgan fingerprint density at radius 2 is 1.72 bits per heavy atom. The van der Waals surface area contributed by atoms with Crippen LogP contribution in [0.25, 0.3) is 11.3 Å². The molecule has 1 amide bonds. The van der Waals surface area contributed by atoms with E-state index in [4.69, 9.17) is 9.97 Å². The van der Waals surface area contributed by atoms with Crippen LogP contribution in [0, 0.1) is 0 Å². The molecule has 0 spiro atoms. The number of nitrogens with one attached hydrogen (secondary N) is 1. The number of hydrogen-bond acceptors (Lipinski definition) is 5. The van der Waals surface area contributed by atoms with Gasteiger partial charge in [-0.25, -0.2) is 4.98 Å². The number of carbonyl (C=O) groups is 1. The minimum Gasteiger partial charge on any atom is -0.365 e. The van der Waals surface area contributed by atoms with E-state index in [1.165, 1.54) is 0 Å². The number of rotatable bonds is 4. The molecule has 132 valence electrons. The molecule has 2 heterocycles. The molecule has 6 heteroatoms. The number of piperazine rings is 1. The predicted molar refractivity (Wildman–Crippen MR) is 101 cm³/mol. The van der Waals surface area contributed by atoms with E-state index in [1.807, 2.05) is 24.3 Å². The molecule has 6 nitrogen and oxygen atoms in total. The summed E-state index contributed by atoms with van der Waals surface area (Å²) < 4.78 is 0. The molecule has 0 atom stereocenters. The molecule has 1 N–H and O–H groups in total. The van der Waals surface area contributed by atoms with Crippen LogP contribution >= 0.6 is 0 Å². The Labute approximate surface area is 148 Å². The quantitative estimate of drug-likeness (QED) is 0.868. The summed E-state index contributed by atoms with van der Waals surface area (Å²) in [6, 6.07) is 12.1. The first-order chi connectivity index (χ1) is 11.9. The molecule has 25 heavy (non-hydrogen) atoms. The molecule has 1 aromatic carbocycles. The van der Waals surface area contributed by atoms with Crippen molar-refractivity contribution in [1.29, 1.82) is 0 Å². The minimum absolute atomic E-state index is 0.0875. The van der Waals surface area contributed by atoms with Crippen molar-refractivity contribution in [2.45, 2.75) is 26.3 Å². The molecule has 0 bridgehead atoms. The van der Waals surface area contributed by atoms with E-state index in [9.17, 15) is 4.79 Å². The first kappa shape index (κ1) is 17.2. The van der Waals surface area contributed by atoms with Crippen LogP contribution in [0.15, 0.2) is 36.4 Å². The largest absolute Gasteiger partial charge is 0.365 e. The van der Waals surface area contributed by atoms with Gasteiger partial charge in [-0.15, -0.1) is 0 Å². The van der Waals surface area contributed by atoms with Crippen molar-refractivity contribution in [2.75, 3.05) is 36.4 Å². The summed E-state index contributed by atoms with van der Waals surface area (Å²) in [7, 11) is 0. The van der Waals surface area contributed by atoms with Crippen LogP contribution in [0.5, 0.6) is 0 Å². The molecule has 1 aliphatic rings. The van der Waals surface area contributed by atoms with Crippen molar-refractivity contribution in [3.63, 3.8) is 0 Å². The van der Waals surface area contributed by atoms with Crippen LogP contribution in [0.1, 0.15) is 20.8 Å². The van der Waals surface area contributed by atoms with Crippen LogP contribution in [0.4, 0.5) is 11.8 Å². The summed E-state index contributed by atoms with van der Waals surface area (Å²) >= 11 is 0. The van der Waals surface area contributed by atoms with E-state index in [0.29, 0.717) is 19.0 Å². The van der Waals surface area contributed by atoms with E-state index in [-0.39, 0.29) is 5.54 Å². The van der Waals surface area contributed by atoms with Gasteiger partial charge in [-0.05, 0) is 20.8 Å². The summed E-state index contributed by atoms with van der Waals surface area (Å²) in [6.07, 6.45) is 0.908. The highest BCUT2D eigenvalue weighted by Crippen LogP contribution is 2.25. The fraction of sp³-hybridized carbons (Fsp3) is 0.421. The molecule has 1 aromatic heterocycles. The zero-order valence-corrected chi connectivity index (χ0v) is 15.1. The topological polar surface area (TPSA) is 61.4 Å². The van der Waals surface area contributed by atoms with Crippen LogP contribution in [0.2, 0.25) is 0 Å². The zero-order valence-electron chi connectivity index (χ0n) is 15.1. The Bertz CT molecular complexity index is 718. The summed E-state index contributed by atoms with van der Waals surface area (Å²) in [5.41, 5.74) is 1.88. The number of nitrogens with zero attached hydrogens (tertiary/aromatic N) is 4. The normalized spacial score (nSPS) is 15.2.